The first kappa shape index (κ1) is 20.0. The van der Waals surface area contributed by atoms with Crippen molar-refractivity contribution in [3.63, 3.8) is 0 Å². The topological polar surface area (TPSA) is 97.9 Å². The summed E-state index contributed by atoms with van der Waals surface area (Å²) in [6.07, 6.45) is 0.471. The standard InChI is InChI=1S/C20H25N3O5S/c1-12-21-22-20(27-12)29-11-19(25)23-9-13-7-15(24)18(8-14(13)10-23)28-17-6-4-3-5-16(17)26-2/h3-6,13-15,18,24H,7-11H2,1-2H3/t13-,14+,15+,18+/m0/s1. The number of aliphatic hydroxyl groups excluding tert-OH is 1. The van der Waals surface area contributed by atoms with Gasteiger partial charge in [0.2, 0.25) is 11.8 Å². The van der Waals surface area contributed by atoms with Crippen LogP contribution in [0.4, 0.5) is 0 Å². The Balaban J connectivity index is 1.34. The molecule has 1 saturated carbocycles. The number of likely N-dealkylation sites (tertiary alicyclic amines) is 1. The van der Waals surface area contributed by atoms with Crippen LogP contribution in [0.1, 0.15) is 18.7 Å². The lowest BCUT2D eigenvalue weighted by Gasteiger charge is -2.35. The molecular weight excluding hydrogens is 394 g/mol. The van der Waals surface area contributed by atoms with Gasteiger partial charge in [0.1, 0.15) is 6.10 Å². The molecule has 8 nitrogen and oxygen atoms in total. The van der Waals surface area contributed by atoms with Gasteiger partial charge >= 0.3 is 0 Å². The third-order valence-corrected chi connectivity index (χ3v) is 6.41. The SMILES string of the molecule is COc1ccccc1O[C@@H]1C[C@@H]2CN(C(=O)CSc3nnc(C)o3)C[C@@H]2C[C@H]1O. The Morgan fingerprint density at radius 2 is 1.97 bits per heavy atom. The van der Waals surface area contributed by atoms with Crippen LogP contribution in [-0.4, -0.2) is 64.3 Å². The summed E-state index contributed by atoms with van der Waals surface area (Å²) in [6.45, 7) is 3.08. The molecule has 1 aliphatic carbocycles. The lowest BCUT2D eigenvalue weighted by Crippen LogP contribution is -2.42. The van der Waals surface area contributed by atoms with Gasteiger partial charge in [0.05, 0.1) is 19.0 Å². The summed E-state index contributed by atoms with van der Waals surface area (Å²) < 4.78 is 16.7. The van der Waals surface area contributed by atoms with Crippen LogP contribution in [0.3, 0.4) is 0 Å². The first-order chi connectivity index (χ1) is 14.0. The third-order valence-electron chi connectivity index (χ3n) is 5.61. The second-order valence-electron chi connectivity index (χ2n) is 7.54. The largest absolute Gasteiger partial charge is 0.493 e. The highest BCUT2D eigenvalue weighted by Gasteiger charge is 2.44. The van der Waals surface area contributed by atoms with E-state index in [1.165, 1.54) is 11.8 Å². The molecule has 9 heteroatoms. The Morgan fingerprint density at radius 3 is 2.66 bits per heavy atom. The van der Waals surface area contributed by atoms with Gasteiger partial charge in [-0.1, -0.05) is 23.9 Å². The quantitative estimate of drug-likeness (QED) is 0.712. The average Bonchev–Trinajstić information content (AvgIpc) is 3.32. The normalized spacial score (nSPS) is 26.2. The zero-order valence-electron chi connectivity index (χ0n) is 16.5. The number of para-hydroxylation sites is 2. The average molecular weight is 420 g/mol. The van der Waals surface area contributed by atoms with Crippen molar-refractivity contribution in [2.45, 2.75) is 37.2 Å². The molecule has 0 bridgehead atoms. The maximum absolute atomic E-state index is 12.6. The number of benzene rings is 1. The van der Waals surface area contributed by atoms with Crippen molar-refractivity contribution in [3.05, 3.63) is 30.2 Å². The van der Waals surface area contributed by atoms with Crippen molar-refractivity contribution in [2.24, 2.45) is 11.8 Å². The van der Waals surface area contributed by atoms with Crippen LogP contribution < -0.4 is 9.47 Å². The van der Waals surface area contributed by atoms with E-state index in [0.717, 1.165) is 0 Å². The van der Waals surface area contributed by atoms with E-state index >= 15 is 0 Å². The number of aryl methyl sites for hydroxylation is 1. The van der Waals surface area contributed by atoms with Gasteiger partial charge in [0.15, 0.2) is 11.5 Å². The van der Waals surface area contributed by atoms with Gasteiger partial charge in [-0.25, -0.2) is 0 Å². The highest BCUT2D eigenvalue weighted by Crippen LogP contribution is 2.39. The van der Waals surface area contributed by atoms with Crippen LogP contribution in [-0.2, 0) is 4.79 Å². The minimum absolute atomic E-state index is 0.0527. The molecule has 2 fully saturated rings. The molecule has 4 atom stereocenters. The van der Waals surface area contributed by atoms with Crippen molar-refractivity contribution in [3.8, 4) is 11.5 Å². The highest BCUT2D eigenvalue weighted by molar-refractivity contribution is 7.99. The number of carbonyl (C=O) groups excluding carboxylic acids is 1. The zero-order valence-corrected chi connectivity index (χ0v) is 17.3. The molecule has 2 heterocycles. The van der Waals surface area contributed by atoms with Crippen molar-refractivity contribution in [1.82, 2.24) is 15.1 Å². The van der Waals surface area contributed by atoms with Crippen LogP contribution in [0.15, 0.2) is 33.9 Å². The maximum Gasteiger partial charge on any atom is 0.277 e. The molecule has 0 radical (unpaired) electrons. The number of aromatic nitrogens is 2. The van der Waals surface area contributed by atoms with E-state index in [2.05, 4.69) is 10.2 Å². The number of carbonyl (C=O) groups is 1. The minimum Gasteiger partial charge on any atom is -0.493 e. The Kier molecular flexibility index (Phi) is 5.96. The monoisotopic (exact) mass is 419 g/mol. The van der Waals surface area contributed by atoms with Gasteiger partial charge in [0.25, 0.3) is 5.22 Å². The molecule has 1 aromatic heterocycles. The smallest absolute Gasteiger partial charge is 0.277 e. The Labute approximate surface area is 173 Å². The second kappa shape index (κ2) is 8.62. The van der Waals surface area contributed by atoms with E-state index in [9.17, 15) is 9.90 Å². The van der Waals surface area contributed by atoms with Gasteiger partial charge in [0, 0.05) is 20.0 Å². The van der Waals surface area contributed by atoms with Gasteiger partial charge < -0.3 is 23.9 Å². The number of thioether (sulfide) groups is 1. The number of rotatable bonds is 6. The number of amides is 1. The Bertz CT molecular complexity index is 860. The summed E-state index contributed by atoms with van der Waals surface area (Å²) in [7, 11) is 1.60. The first-order valence-corrected chi connectivity index (χ1v) is 10.7. The molecule has 29 heavy (non-hydrogen) atoms. The number of hydrogen-bond donors (Lipinski definition) is 1. The van der Waals surface area contributed by atoms with Crippen LogP contribution >= 0.6 is 11.8 Å². The number of ether oxygens (including phenoxy) is 2. The maximum atomic E-state index is 12.6. The van der Waals surface area contributed by atoms with Gasteiger partial charge in [-0.2, -0.15) is 0 Å². The van der Waals surface area contributed by atoms with Gasteiger partial charge in [-0.3, -0.25) is 4.79 Å². The number of hydrogen-bond acceptors (Lipinski definition) is 8. The van der Waals surface area contributed by atoms with Crippen molar-refractivity contribution < 1.29 is 23.8 Å². The molecule has 1 aliphatic heterocycles. The minimum atomic E-state index is -0.563. The van der Waals surface area contributed by atoms with Crippen LogP contribution in [0, 0.1) is 18.8 Å². The number of aliphatic hydroxyl groups is 1. The molecule has 2 aliphatic rings. The fourth-order valence-electron chi connectivity index (χ4n) is 4.15. The Morgan fingerprint density at radius 1 is 1.24 bits per heavy atom. The summed E-state index contributed by atoms with van der Waals surface area (Å²) in [5.41, 5.74) is 0. The van der Waals surface area contributed by atoms with Crippen LogP contribution in [0.2, 0.25) is 0 Å². The lowest BCUT2D eigenvalue weighted by atomic mass is 9.78. The molecule has 1 saturated heterocycles. The number of fused-ring (bicyclic) bond motifs is 1. The van der Waals surface area contributed by atoms with E-state index in [0.29, 0.717) is 60.4 Å². The molecule has 0 unspecified atom stereocenters. The molecule has 1 aromatic carbocycles. The summed E-state index contributed by atoms with van der Waals surface area (Å²) in [4.78, 5) is 14.5. The van der Waals surface area contributed by atoms with E-state index in [1.807, 2.05) is 29.2 Å². The molecule has 1 amide bonds. The van der Waals surface area contributed by atoms with Crippen LogP contribution in [0.25, 0.3) is 0 Å². The number of methoxy groups -OCH3 is 1. The second-order valence-corrected chi connectivity index (χ2v) is 8.47. The van der Waals surface area contributed by atoms with E-state index in [4.69, 9.17) is 13.9 Å². The summed E-state index contributed by atoms with van der Waals surface area (Å²) in [6, 6.07) is 7.45. The fraction of sp³-hybridized carbons (Fsp3) is 0.550. The predicted molar refractivity (Wildman–Crippen MR) is 106 cm³/mol. The molecule has 0 spiro atoms. The van der Waals surface area contributed by atoms with Crippen molar-refractivity contribution in [2.75, 3.05) is 26.0 Å². The predicted octanol–water partition coefficient (Wildman–Crippen LogP) is 2.16. The van der Waals surface area contributed by atoms with E-state index < -0.39 is 6.10 Å². The molecule has 1 N–H and O–H groups in total. The van der Waals surface area contributed by atoms with Gasteiger partial charge in [-0.05, 0) is 36.8 Å². The molecule has 156 valence electrons. The first-order valence-electron chi connectivity index (χ1n) is 9.72. The summed E-state index contributed by atoms with van der Waals surface area (Å²) >= 11 is 1.26. The fourth-order valence-corrected chi connectivity index (χ4v) is 4.86. The highest BCUT2D eigenvalue weighted by atomic mass is 32.2. The summed E-state index contributed by atoms with van der Waals surface area (Å²) in [5.74, 6) is 2.71. The van der Waals surface area contributed by atoms with E-state index in [-0.39, 0.29) is 17.8 Å². The van der Waals surface area contributed by atoms with Gasteiger partial charge in [-0.15, -0.1) is 10.2 Å². The molecule has 4 rings (SSSR count). The molecular formula is C20H25N3O5S. The Hall–Kier alpha value is -2.26. The summed E-state index contributed by atoms with van der Waals surface area (Å²) in [5, 5.41) is 18.7. The lowest BCUT2D eigenvalue weighted by molar-refractivity contribution is -0.127. The third kappa shape index (κ3) is 4.51. The van der Waals surface area contributed by atoms with Crippen molar-refractivity contribution >= 4 is 17.7 Å². The molecule has 2 aromatic rings. The van der Waals surface area contributed by atoms with Crippen LogP contribution in [0.5, 0.6) is 11.5 Å². The van der Waals surface area contributed by atoms with E-state index in [1.54, 1.807) is 14.0 Å². The zero-order chi connectivity index (χ0) is 20.4. The van der Waals surface area contributed by atoms with Crippen molar-refractivity contribution in [1.29, 1.82) is 0 Å². The number of nitrogens with zero attached hydrogens (tertiary/aromatic N) is 3.